The van der Waals surface area contributed by atoms with Crippen molar-refractivity contribution in [3.05, 3.63) is 40.4 Å². The molecule has 2 fully saturated rings. The first-order chi connectivity index (χ1) is 17.8. The van der Waals surface area contributed by atoms with Crippen LogP contribution in [0.2, 0.25) is 0 Å². The van der Waals surface area contributed by atoms with E-state index in [0.717, 1.165) is 0 Å². The normalized spacial score (nSPS) is 26.9. The molecule has 10 nitrogen and oxygen atoms in total. The van der Waals surface area contributed by atoms with Crippen LogP contribution < -0.4 is 45.3 Å². The molecule has 0 radical (unpaired) electrons. The van der Waals surface area contributed by atoms with Crippen LogP contribution in [0.3, 0.4) is 0 Å². The number of hydrogen-bond donors (Lipinski definition) is 3. The second-order valence-electron chi connectivity index (χ2n) is 9.45. The summed E-state index contributed by atoms with van der Waals surface area (Å²) in [5.41, 5.74) is -0.171. The number of carboxylic acids is 1. The van der Waals surface area contributed by atoms with Crippen LogP contribution in [0.15, 0.2) is 34.9 Å². The third-order valence-electron chi connectivity index (χ3n) is 6.74. The first-order valence-electron chi connectivity index (χ1n) is 11.8. The van der Waals surface area contributed by atoms with Gasteiger partial charge < -0.3 is 35.3 Å². The number of ether oxygens (including phenoxy) is 1. The van der Waals surface area contributed by atoms with Gasteiger partial charge in [0.1, 0.15) is 0 Å². The minimum absolute atomic E-state index is 0. The summed E-state index contributed by atoms with van der Waals surface area (Å²) in [6.07, 6.45) is -5.27. The van der Waals surface area contributed by atoms with Gasteiger partial charge in [0.05, 0.1) is 41.3 Å². The standard InChI is InChI=1S/C24H26F3N3O7S.Na/c1-10-17-16(11(2)31)21(33)30(17)18(22(34)35)19(10)38-14-7-15(28-8-14)20(32)29-13-5-3-4-12(6-13)23(36)37-9-24(25,26)27;/h3-6,10-11,14-17,28,31H,7-9H2,1-2H3,(H,29,32)(H,34,35);/q;+1/p-1/t10-,11-,14+,15+,16-,17-;/m1./s1. The summed E-state index contributed by atoms with van der Waals surface area (Å²) in [7, 11) is 0. The number of aliphatic hydroxyl groups excluding tert-OH is 1. The molecule has 206 valence electrons. The van der Waals surface area contributed by atoms with Gasteiger partial charge in [-0.15, -0.1) is 11.8 Å². The van der Waals surface area contributed by atoms with Gasteiger partial charge >= 0.3 is 41.7 Å². The molecule has 15 heteroatoms. The Kier molecular flexibility index (Phi) is 9.82. The maximum atomic E-state index is 12.8. The summed E-state index contributed by atoms with van der Waals surface area (Å²) in [6.45, 7) is 1.91. The molecule has 1 aromatic rings. The Morgan fingerprint density at radius 3 is 2.64 bits per heavy atom. The van der Waals surface area contributed by atoms with Crippen molar-refractivity contribution in [2.45, 2.75) is 49.9 Å². The van der Waals surface area contributed by atoms with Gasteiger partial charge in [-0.25, -0.2) is 4.79 Å². The summed E-state index contributed by atoms with van der Waals surface area (Å²) in [5, 5.41) is 27.3. The quantitative estimate of drug-likeness (QED) is 0.175. The Labute approximate surface area is 248 Å². The van der Waals surface area contributed by atoms with Crippen molar-refractivity contribution in [2.24, 2.45) is 11.8 Å². The van der Waals surface area contributed by atoms with Crippen molar-refractivity contribution >= 4 is 41.2 Å². The summed E-state index contributed by atoms with van der Waals surface area (Å²) < 4.78 is 41.1. The Morgan fingerprint density at radius 1 is 1.33 bits per heavy atom. The maximum Gasteiger partial charge on any atom is 1.00 e. The van der Waals surface area contributed by atoms with Crippen LogP contribution in [0, 0.1) is 11.8 Å². The van der Waals surface area contributed by atoms with Crippen molar-refractivity contribution in [3.63, 3.8) is 0 Å². The van der Waals surface area contributed by atoms with Gasteiger partial charge in [0.2, 0.25) is 11.8 Å². The number of rotatable bonds is 8. The van der Waals surface area contributed by atoms with E-state index in [1.807, 2.05) is 0 Å². The molecular weight excluding hydrogens is 554 g/mol. The minimum atomic E-state index is -4.66. The number of alkyl halides is 3. The topological polar surface area (TPSA) is 148 Å². The van der Waals surface area contributed by atoms with Gasteiger partial charge in [-0.05, 0) is 31.5 Å². The second kappa shape index (κ2) is 12.2. The third kappa shape index (κ3) is 6.63. The van der Waals surface area contributed by atoms with E-state index in [1.165, 1.54) is 47.9 Å². The number of β-lactam (4-membered cyclic amide) rings is 1. The molecule has 3 heterocycles. The Hall–Kier alpha value is -2.10. The number of halogens is 3. The minimum Gasteiger partial charge on any atom is -0.543 e. The van der Waals surface area contributed by atoms with Crippen molar-refractivity contribution in [2.75, 3.05) is 18.5 Å². The zero-order valence-electron chi connectivity index (χ0n) is 21.3. The molecule has 4 rings (SSSR count). The molecule has 6 atom stereocenters. The predicted molar refractivity (Wildman–Crippen MR) is 126 cm³/mol. The molecule has 0 bridgehead atoms. The summed E-state index contributed by atoms with van der Waals surface area (Å²) in [5.74, 6) is -4.60. The predicted octanol–water partition coefficient (Wildman–Crippen LogP) is -2.37. The van der Waals surface area contributed by atoms with E-state index in [1.54, 1.807) is 6.92 Å². The molecule has 0 unspecified atom stereocenters. The summed E-state index contributed by atoms with van der Waals surface area (Å²) in [6, 6.07) is 4.19. The van der Waals surface area contributed by atoms with Crippen molar-refractivity contribution in [1.29, 1.82) is 0 Å². The molecule has 2 amide bonds. The number of esters is 1. The fourth-order valence-corrected chi connectivity index (χ4v) is 6.50. The number of nitrogens with zero attached hydrogens (tertiary/aromatic N) is 1. The molecule has 3 N–H and O–H groups in total. The molecule has 0 spiro atoms. The second-order valence-corrected chi connectivity index (χ2v) is 10.8. The first-order valence-corrected chi connectivity index (χ1v) is 12.7. The van der Waals surface area contributed by atoms with E-state index in [-0.39, 0.29) is 57.7 Å². The Bertz CT molecular complexity index is 1200. The van der Waals surface area contributed by atoms with Gasteiger partial charge in [-0.2, -0.15) is 13.2 Å². The Morgan fingerprint density at radius 2 is 2.03 bits per heavy atom. The average molecular weight is 580 g/mol. The summed E-state index contributed by atoms with van der Waals surface area (Å²) in [4.78, 5) is 50.7. The van der Waals surface area contributed by atoms with Crippen molar-refractivity contribution in [3.8, 4) is 0 Å². The monoisotopic (exact) mass is 579 g/mol. The number of thioether (sulfide) groups is 1. The number of aliphatic carboxylic acids is 1. The number of amides is 2. The van der Waals surface area contributed by atoms with E-state index >= 15 is 0 Å². The van der Waals surface area contributed by atoms with E-state index in [4.69, 9.17) is 0 Å². The smallest absolute Gasteiger partial charge is 0.543 e. The number of aliphatic hydroxyl groups is 1. The first kappa shape index (κ1) is 31.4. The van der Waals surface area contributed by atoms with Gasteiger partial charge in [0.15, 0.2) is 6.61 Å². The molecular formula is C24H25F3N3NaO7S. The van der Waals surface area contributed by atoms with E-state index in [0.29, 0.717) is 17.9 Å². The van der Waals surface area contributed by atoms with E-state index in [9.17, 15) is 42.6 Å². The number of carbonyl (C=O) groups excluding carboxylic acids is 4. The van der Waals surface area contributed by atoms with E-state index in [2.05, 4.69) is 15.4 Å². The van der Waals surface area contributed by atoms with Crippen LogP contribution in [0.25, 0.3) is 0 Å². The molecule has 3 aliphatic rings. The van der Waals surface area contributed by atoms with Gasteiger partial charge in [-0.3, -0.25) is 9.59 Å². The van der Waals surface area contributed by atoms with Gasteiger partial charge in [0.25, 0.3) is 0 Å². The molecule has 0 aromatic heterocycles. The van der Waals surface area contributed by atoms with Crippen LogP contribution >= 0.6 is 11.8 Å². The number of benzene rings is 1. The van der Waals surface area contributed by atoms with Crippen LogP contribution in [0.4, 0.5) is 18.9 Å². The van der Waals surface area contributed by atoms with Crippen LogP contribution in [-0.2, 0) is 19.1 Å². The molecule has 3 aliphatic heterocycles. The fraction of sp³-hybridized carbons (Fsp3) is 0.500. The molecule has 0 aliphatic carbocycles. The van der Waals surface area contributed by atoms with Crippen molar-refractivity contribution in [1.82, 2.24) is 10.2 Å². The fourth-order valence-electron chi connectivity index (χ4n) is 5.03. The number of nitrogens with one attached hydrogen (secondary N) is 2. The summed E-state index contributed by atoms with van der Waals surface area (Å²) >= 11 is 1.25. The van der Waals surface area contributed by atoms with Crippen LogP contribution in [0.1, 0.15) is 30.6 Å². The number of carbonyl (C=O) groups is 4. The van der Waals surface area contributed by atoms with Crippen LogP contribution in [0.5, 0.6) is 0 Å². The zero-order chi connectivity index (χ0) is 27.9. The number of anilines is 1. The number of hydrogen-bond acceptors (Lipinski definition) is 9. The van der Waals surface area contributed by atoms with Crippen molar-refractivity contribution < 1.29 is 76.9 Å². The largest absolute Gasteiger partial charge is 1.00 e. The van der Waals surface area contributed by atoms with Gasteiger partial charge in [0, 0.05) is 28.3 Å². The molecule has 2 saturated heterocycles. The maximum absolute atomic E-state index is 12.8. The SMILES string of the molecule is C[C@@H](O)[C@H]1C(=O)N2C(C(=O)[O-])=C(S[C@@H]3CN[C@H](C(=O)Nc4cccc(C(=O)OCC(F)(F)F)c4)C3)[C@H](C)[C@H]12.[Na+]. The number of fused-ring (bicyclic) bond motifs is 1. The Balaban J connectivity index is 0.00000420. The molecule has 39 heavy (non-hydrogen) atoms. The zero-order valence-corrected chi connectivity index (χ0v) is 24.1. The van der Waals surface area contributed by atoms with Crippen LogP contribution in [-0.4, -0.2) is 76.5 Å². The third-order valence-corrected chi connectivity index (χ3v) is 8.25. The van der Waals surface area contributed by atoms with E-state index < -0.39 is 60.6 Å². The number of carboxylic acid groups (broad SMARTS) is 1. The average Bonchev–Trinajstić information content (AvgIpc) is 3.39. The molecule has 1 aromatic carbocycles. The molecule has 0 saturated carbocycles. The van der Waals surface area contributed by atoms with Gasteiger partial charge in [-0.1, -0.05) is 13.0 Å².